The maximum atomic E-state index is 14.5. The summed E-state index contributed by atoms with van der Waals surface area (Å²) < 4.78 is 67.0. The van der Waals surface area contributed by atoms with Crippen molar-refractivity contribution < 1.29 is 86.0 Å². The minimum atomic E-state index is -2.29. The Balaban J connectivity index is 0.00000126. The Morgan fingerprint density at radius 1 is 0.527 bits per heavy atom. The van der Waals surface area contributed by atoms with Crippen LogP contribution in [0.3, 0.4) is 0 Å². The van der Waals surface area contributed by atoms with E-state index in [1.807, 2.05) is 0 Å². The summed E-state index contributed by atoms with van der Waals surface area (Å²) in [6, 6.07) is 38.8. The summed E-state index contributed by atoms with van der Waals surface area (Å²) in [5, 5.41) is 13.2. The third-order valence-corrected chi connectivity index (χ3v) is 11.7. The second kappa shape index (κ2) is 24.1. The molecule has 74 heavy (non-hydrogen) atoms. The molecule has 3 saturated heterocycles. The predicted molar refractivity (Wildman–Crippen MR) is 260 cm³/mol. The Hall–Kier alpha value is -7.32. The monoisotopic (exact) mass is 1020 g/mol. The first kappa shape index (κ1) is 54.5. The van der Waals surface area contributed by atoms with E-state index in [1.165, 1.54) is 67.6 Å². The molecule has 0 amide bonds. The summed E-state index contributed by atoms with van der Waals surface area (Å²) in [7, 11) is 0. The third kappa shape index (κ3) is 13.4. The standard InChI is InChI=1S/C52H50O16.C4H8O2/c1-50(2)60-31-38-40(66-50)44-52(65-38,68-51(3,4)67-44)43(53)42(64-49(58)36-28-18-9-19-29-36)41(63-48(57)35-26-16-8-17-27-35)39(62-47(56)34-24-14-7-15-25-34)37(61-46(55)33-22-12-6-13-23-33)30-59-45(54)32-20-10-5-11-21-32;1-3-6-4(2)5/h5-29,37-44,53H,30-31H2,1-4H3;3H2,1-2H3/t37-,38+,39-,40-,41+,42+,43-,44+,52+;/m1./s1. The Morgan fingerprint density at radius 2 is 0.932 bits per heavy atom. The molecule has 0 aliphatic carbocycles. The van der Waals surface area contributed by atoms with Gasteiger partial charge in [0.2, 0.25) is 5.79 Å². The van der Waals surface area contributed by atoms with Crippen molar-refractivity contribution in [1.29, 1.82) is 0 Å². The molecule has 9 atom stereocenters. The molecule has 1 N–H and O–H groups in total. The van der Waals surface area contributed by atoms with Crippen LogP contribution in [0, 0.1) is 0 Å². The van der Waals surface area contributed by atoms with E-state index < -0.39 is 103 Å². The maximum absolute atomic E-state index is 14.5. The zero-order chi connectivity index (χ0) is 53.0. The van der Waals surface area contributed by atoms with Crippen LogP contribution in [0.15, 0.2) is 152 Å². The fourth-order valence-corrected chi connectivity index (χ4v) is 8.46. The van der Waals surface area contributed by atoms with Crippen molar-refractivity contribution in [1.82, 2.24) is 0 Å². The highest BCUT2D eigenvalue weighted by Crippen LogP contribution is 2.52. The lowest BCUT2D eigenvalue weighted by Gasteiger charge is -2.41. The number of carbonyl (C=O) groups is 6. The first-order valence-corrected chi connectivity index (χ1v) is 23.9. The lowest BCUT2D eigenvalue weighted by molar-refractivity contribution is -0.342. The lowest BCUT2D eigenvalue weighted by atomic mass is 9.90. The first-order chi connectivity index (χ1) is 35.4. The van der Waals surface area contributed by atoms with Gasteiger partial charge in [-0.2, -0.15) is 0 Å². The van der Waals surface area contributed by atoms with Gasteiger partial charge in [-0.05, 0) is 95.3 Å². The van der Waals surface area contributed by atoms with Crippen LogP contribution in [0.2, 0.25) is 0 Å². The van der Waals surface area contributed by atoms with E-state index in [-0.39, 0.29) is 40.4 Å². The molecule has 5 aromatic carbocycles. The Morgan fingerprint density at radius 3 is 1.35 bits per heavy atom. The molecule has 0 unspecified atom stereocenters. The molecule has 0 aromatic heterocycles. The van der Waals surface area contributed by atoms with Gasteiger partial charge in [0.25, 0.3) is 0 Å². The van der Waals surface area contributed by atoms with Crippen molar-refractivity contribution in [2.45, 2.75) is 108 Å². The van der Waals surface area contributed by atoms with Gasteiger partial charge in [-0.15, -0.1) is 0 Å². The van der Waals surface area contributed by atoms with Crippen LogP contribution >= 0.6 is 0 Å². The zero-order valence-electron chi connectivity index (χ0n) is 41.6. The van der Waals surface area contributed by atoms with Crippen LogP contribution in [0.1, 0.15) is 93.3 Å². The minimum Gasteiger partial charge on any atom is -0.466 e. The van der Waals surface area contributed by atoms with E-state index in [4.69, 9.17) is 47.4 Å². The summed E-state index contributed by atoms with van der Waals surface area (Å²) in [6.07, 6.45) is -13.6. The number of rotatable bonds is 17. The highest BCUT2D eigenvalue weighted by Gasteiger charge is 2.72. The normalized spacial score (nSPS) is 22.0. The van der Waals surface area contributed by atoms with E-state index in [0.29, 0.717) is 6.61 Å². The van der Waals surface area contributed by atoms with Gasteiger partial charge < -0.3 is 57.2 Å². The van der Waals surface area contributed by atoms with Gasteiger partial charge >= 0.3 is 35.8 Å². The van der Waals surface area contributed by atoms with E-state index in [0.717, 1.165) is 0 Å². The van der Waals surface area contributed by atoms with Crippen LogP contribution < -0.4 is 0 Å². The number of carbonyl (C=O) groups excluding carboxylic acids is 6. The van der Waals surface area contributed by atoms with Crippen molar-refractivity contribution in [2.24, 2.45) is 0 Å². The molecule has 3 fully saturated rings. The Bertz CT molecular complexity index is 2680. The second-order valence-corrected chi connectivity index (χ2v) is 18.1. The van der Waals surface area contributed by atoms with Gasteiger partial charge in [-0.25, -0.2) is 24.0 Å². The second-order valence-electron chi connectivity index (χ2n) is 18.1. The quantitative estimate of drug-likeness (QED) is 0.0726. The van der Waals surface area contributed by atoms with Crippen molar-refractivity contribution in [2.75, 3.05) is 19.8 Å². The van der Waals surface area contributed by atoms with Crippen molar-refractivity contribution in [3.63, 3.8) is 0 Å². The van der Waals surface area contributed by atoms with Crippen LogP contribution in [-0.4, -0.2) is 127 Å². The first-order valence-electron chi connectivity index (χ1n) is 23.9. The molecular weight excluding hydrogens is 961 g/mol. The summed E-state index contributed by atoms with van der Waals surface area (Å²) in [5.41, 5.74) is 0.134. The number of benzene rings is 5. The smallest absolute Gasteiger partial charge is 0.338 e. The number of esters is 6. The van der Waals surface area contributed by atoms with Gasteiger partial charge in [-0.1, -0.05) is 91.0 Å². The van der Waals surface area contributed by atoms with Crippen LogP contribution in [0.5, 0.6) is 0 Å². The number of hydrogen-bond donors (Lipinski definition) is 1. The molecule has 18 nitrogen and oxygen atoms in total. The molecule has 3 aliphatic heterocycles. The number of aliphatic hydroxyl groups excluding tert-OH is 1. The lowest BCUT2D eigenvalue weighted by Crippen LogP contribution is -2.64. The van der Waals surface area contributed by atoms with Gasteiger partial charge in [0.05, 0.1) is 41.0 Å². The Labute approximate surface area is 427 Å². The molecule has 0 spiro atoms. The average Bonchev–Trinajstić information content (AvgIpc) is 3.85. The van der Waals surface area contributed by atoms with Crippen LogP contribution in [0.4, 0.5) is 0 Å². The molecule has 8 rings (SSSR count). The number of ether oxygens (including phenoxy) is 11. The molecular formula is C56H58O18. The summed E-state index contributed by atoms with van der Waals surface area (Å²) in [4.78, 5) is 81.1. The molecule has 18 heteroatoms. The van der Waals surface area contributed by atoms with Crippen molar-refractivity contribution in [3.05, 3.63) is 179 Å². The highest BCUT2D eigenvalue weighted by molar-refractivity contribution is 5.92. The summed E-state index contributed by atoms with van der Waals surface area (Å²) >= 11 is 0. The largest absolute Gasteiger partial charge is 0.466 e. The predicted octanol–water partition coefficient (Wildman–Crippen LogP) is 7.07. The van der Waals surface area contributed by atoms with Crippen molar-refractivity contribution in [3.8, 4) is 0 Å². The number of hydrogen-bond acceptors (Lipinski definition) is 18. The average molecular weight is 1020 g/mol. The van der Waals surface area contributed by atoms with E-state index >= 15 is 0 Å². The van der Waals surface area contributed by atoms with Crippen molar-refractivity contribution >= 4 is 35.8 Å². The van der Waals surface area contributed by atoms with Gasteiger partial charge in [0.15, 0.2) is 42.1 Å². The molecule has 0 saturated carbocycles. The Kier molecular flexibility index (Phi) is 17.8. The maximum Gasteiger partial charge on any atom is 0.338 e. The summed E-state index contributed by atoms with van der Waals surface area (Å²) in [5.74, 6) is -10.1. The minimum absolute atomic E-state index is 0.00280. The molecule has 5 aromatic rings. The van der Waals surface area contributed by atoms with Gasteiger partial charge in [0.1, 0.15) is 24.9 Å². The number of aliphatic hydroxyl groups is 1. The third-order valence-electron chi connectivity index (χ3n) is 11.7. The van der Waals surface area contributed by atoms with Crippen LogP contribution in [0.25, 0.3) is 0 Å². The van der Waals surface area contributed by atoms with E-state index in [2.05, 4.69) is 4.74 Å². The van der Waals surface area contributed by atoms with Gasteiger partial charge in [0, 0.05) is 6.92 Å². The fraction of sp³-hybridized carbons (Fsp3) is 0.357. The molecule has 3 aliphatic rings. The zero-order valence-corrected chi connectivity index (χ0v) is 41.6. The van der Waals surface area contributed by atoms with Crippen LogP contribution in [-0.2, 0) is 56.9 Å². The molecule has 0 bridgehead atoms. The number of fused-ring (bicyclic) bond motifs is 3. The van der Waals surface area contributed by atoms with E-state index in [9.17, 15) is 33.9 Å². The SMILES string of the molecule is CC1(C)OC[C@@H]2O[C@@]3([C@H](O)[C@@H](OC(=O)c4ccccc4)[C@@H](OC(=O)c4ccccc4)[C@H](OC(=O)c4ccccc4)[C@@H](COC(=O)c4ccccc4)OC(=O)c4ccccc4)OC(C)(C)O[C@H]3[C@@H]2O1.CCOC(C)=O. The van der Waals surface area contributed by atoms with Gasteiger partial charge in [-0.3, -0.25) is 4.79 Å². The molecule has 0 radical (unpaired) electrons. The fourth-order valence-electron chi connectivity index (χ4n) is 8.46. The molecule has 3 heterocycles. The van der Waals surface area contributed by atoms with E-state index in [1.54, 1.807) is 126 Å². The topological polar surface area (TPSA) is 224 Å². The summed E-state index contributed by atoms with van der Waals surface area (Å²) in [6.45, 7) is 9.30. The molecule has 390 valence electrons. The highest BCUT2D eigenvalue weighted by atomic mass is 16.9.